The van der Waals surface area contributed by atoms with Crippen LogP contribution in [0.25, 0.3) is 11.3 Å². The van der Waals surface area contributed by atoms with Crippen LogP contribution in [-0.2, 0) is 7.05 Å². The zero-order chi connectivity index (χ0) is 10.1. The third kappa shape index (κ3) is 1.51. The molecule has 0 aliphatic carbocycles. The fourth-order valence-electron chi connectivity index (χ4n) is 1.36. The molecule has 0 unspecified atom stereocenters. The first-order valence-corrected chi connectivity index (χ1v) is 4.88. The molecule has 0 N–H and O–H groups in total. The molecule has 4 heteroatoms. The molecule has 2 rings (SSSR count). The van der Waals surface area contributed by atoms with Crippen LogP contribution in [0.1, 0.15) is 0 Å². The van der Waals surface area contributed by atoms with Crippen molar-refractivity contribution in [3.8, 4) is 11.3 Å². The normalized spacial score (nSPS) is 10.5. The molecule has 0 saturated carbocycles. The van der Waals surface area contributed by atoms with Gasteiger partial charge >= 0.3 is 0 Å². The Balaban J connectivity index is 2.68. The van der Waals surface area contributed by atoms with E-state index < -0.39 is 0 Å². The van der Waals surface area contributed by atoms with Crippen LogP contribution in [-0.4, -0.2) is 9.78 Å². The highest BCUT2D eigenvalue weighted by Gasteiger charge is 2.10. The molecule has 0 saturated heterocycles. The summed E-state index contributed by atoms with van der Waals surface area (Å²) in [5.74, 6) is 0. The molecule has 1 aromatic carbocycles. The summed E-state index contributed by atoms with van der Waals surface area (Å²) < 4.78 is 1.74. The molecule has 0 radical (unpaired) electrons. The Morgan fingerprint density at radius 2 is 1.79 bits per heavy atom. The SMILES string of the molecule is Cn1nccc1-c1c(Cl)cccc1Cl. The average Bonchev–Trinajstić information content (AvgIpc) is 2.52. The number of hydrogen-bond acceptors (Lipinski definition) is 1. The topological polar surface area (TPSA) is 17.8 Å². The van der Waals surface area contributed by atoms with Crippen molar-refractivity contribution >= 4 is 23.2 Å². The second-order valence-electron chi connectivity index (χ2n) is 2.94. The van der Waals surface area contributed by atoms with Crippen molar-refractivity contribution < 1.29 is 0 Å². The minimum absolute atomic E-state index is 0.640. The fourth-order valence-corrected chi connectivity index (χ4v) is 1.95. The van der Waals surface area contributed by atoms with Gasteiger partial charge in [-0.25, -0.2) is 0 Å². The summed E-state index contributed by atoms with van der Waals surface area (Å²) in [7, 11) is 1.86. The van der Waals surface area contributed by atoms with Gasteiger partial charge in [0.1, 0.15) is 0 Å². The van der Waals surface area contributed by atoms with Crippen molar-refractivity contribution in [1.82, 2.24) is 9.78 Å². The summed E-state index contributed by atoms with van der Waals surface area (Å²) in [6, 6.07) is 7.34. The van der Waals surface area contributed by atoms with Crippen LogP contribution in [0.2, 0.25) is 10.0 Å². The highest BCUT2D eigenvalue weighted by atomic mass is 35.5. The summed E-state index contributed by atoms with van der Waals surface area (Å²) in [6.07, 6.45) is 1.72. The number of hydrogen-bond donors (Lipinski definition) is 0. The first kappa shape index (κ1) is 9.56. The molecule has 2 nitrogen and oxygen atoms in total. The molecule has 0 aliphatic rings. The van der Waals surface area contributed by atoms with E-state index >= 15 is 0 Å². The number of nitrogens with zero attached hydrogens (tertiary/aromatic N) is 2. The standard InChI is InChI=1S/C10H8Cl2N2/c1-14-9(5-6-13-14)10-7(11)3-2-4-8(10)12/h2-6H,1H3. The lowest BCUT2D eigenvalue weighted by Crippen LogP contribution is -1.94. The Morgan fingerprint density at radius 3 is 2.29 bits per heavy atom. The third-order valence-corrected chi connectivity index (χ3v) is 2.67. The van der Waals surface area contributed by atoms with Gasteiger partial charge in [0.15, 0.2) is 0 Å². The first-order chi connectivity index (χ1) is 6.70. The Kier molecular flexibility index (Phi) is 2.48. The smallest absolute Gasteiger partial charge is 0.0708 e. The van der Waals surface area contributed by atoms with Gasteiger partial charge in [-0.3, -0.25) is 4.68 Å². The van der Waals surface area contributed by atoms with Crippen molar-refractivity contribution in [1.29, 1.82) is 0 Å². The van der Waals surface area contributed by atoms with Crippen molar-refractivity contribution in [3.05, 3.63) is 40.5 Å². The molecule has 0 amide bonds. The van der Waals surface area contributed by atoms with Gasteiger partial charge in [-0.15, -0.1) is 0 Å². The van der Waals surface area contributed by atoms with Gasteiger partial charge in [-0.05, 0) is 18.2 Å². The summed E-state index contributed by atoms with van der Waals surface area (Å²) in [5, 5.41) is 5.35. The first-order valence-electron chi connectivity index (χ1n) is 4.12. The van der Waals surface area contributed by atoms with Crippen LogP contribution in [0.15, 0.2) is 30.5 Å². The molecule has 0 spiro atoms. The van der Waals surface area contributed by atoms with Crippen molar-refractivity contribution in [2.24, 2.45) is 7.05 Å². The Morgan fingerprint density at radius 1 is 1.14 bits per heavy atom. The quantitative estimate of drug-likeness (QED) is 0.730. The Labute approximate surface area is 92.1 Å². The molecule has 1 heterocycles. The molecular weight excluding hydrogens is 219 g/mol. The number of rotatable bonds is 1. The van der Waals surface area contributed by atoms with Gasteiger partial charge in [0, 0.05) is 18.8 Å². The molecule has 0 atom stereocenters. The maximum Gasteiger partial charge on any atom is 0.0708 e. The van der Waals surface area contributed by atoms with Crippen LogP contribution in [0.5, 0.6) is 0 Å². The molecule has 14 heavy (non-hydrogen) atoms. The number of benzene rings is 1. The van der Waals surface area contributed by atoms with Gasteiger partial charge < -0.3 is 0 Å². The van der Waals surface area contributed by atoms with Crippen LogP contribution in [0.3, 0.4) is 0 Å². The fraction of sp³-hybridized carbons (Fsp3) is 0.100. The lowest BCUT2D eigenvalue weighted by Gasteiger charge is -2.06. The molecule has 72 valence electrons. The van der Waals surface area contributed by atoms with E-state index in [1.807, 2.05) is 31.3 Å². The van der Waals surface area contributed by atoms with Crippen LogP contribution >= 0.6 is 23.2 Å². The largest absolute Gasteiger partial charge is 0.268 e. The lowest BCUT2D eigenvalue weighted by atomic mass is 10.1. The molecule has 2 aromatic rings. The third-order valence-electron chi connectivity index (χ3n) is 2.04. The maximum absolute atomic E-state index is 6.07. The van der Waals surface area contributed by atoms with Gasteiger partial charge in [0.2, 0.25) is 0 Å². The summed E-state index contributed by atoms with van der Waals surface area (Å²) in [6.45, 7) is 0. The van der Waals surface area contributed by atoms with E-state index in [0.717, 1.165) is 11.3 Å². The van der Waals surface area contributed by atoms with E-state index in [4.69, 9.17) is 23.2 Å². The van der Waals surface area contributed by atoms with Crippen molar-refractivity contribution in [3.63, 3.8) is 0 Å². The molecule has 0 aliphatic heterocycles. The van der Waals surface area contributed by atoms with Gasteiger partial charge in [-0.2, -0.15) is 5.10 Å². The molecule has 0 fully saturated rings. The minimum Gasteiger partial charge on any atom is -0.268 e. The molecular formula is C10H8Cl2N2. The Hall–Kier alpha value is -0.990. The zero-order valence-electron chi connectivity index (χ0n) is 7.54. The summed E-state index contributed by atoms with van der Waals surface area (Å²) in [5.41, 5.74) is 1.75. The minimum atomic E-state index is 0.640. The highest BCUT2D eigenvalue weighted by Crippen LogP contribution is 2.33. The molecule has 1 aromatic heterocycles. The van der Waals surface area contributed by atoms with E-state index in [2.05, 4.69) is 5.10 Å². The van der Waals surface area contributed by atoms with Crippen molar-refractivity contribution in [2.75, 3.05) is 0 Å². The van der Waals surface area contributed by atoms with E-state index in [9.17, 15) is 0 Å². The predicted molar refractivity (Wildman–Crippen MR) is 58.7 cm³/mol. The summed E-state index contributed by atoms with van der Waals surface area (Å²) >= 11 is 12.1. The lowest BCUT2D eigenvalue weighted by molar-refractivity contribution is 0.776. The van der Waals surface area contributed by atoms with Crippen molar-refractivity contribution in [2.45, 2.75) is 0 Å². The predicted octanol–water partition coefficient (Wildman–Crippen LogP) is 3.39. The summed E-state index contributed by atoms with van der Waals surface area (Å²) in [4.78, 5) is 0. The highest BCUT2D eigenvalue weighted by molar-refractivity contribution is 6.39. The van der Waals surface area contributed by atoms with E-state index in [1.165, 1.54) is 0 Å². The van der Waals surface area contributed by atoms with Crippen LogP contribution < -0.4 is 0 Å². The Bertz CT molecular complexity index is 443. The van der Waals surface area contributed by atoms with Gasteiger partial charge in [-0.1, -0.05) is 29.3 Å². The van der Waals surface area contributed by atoms with Crippen LogP contribution in [0.4, 0.5) is 0 Å². The average molecular weight is 227 g/mol. The monoisotopic (exact) mass is 226 g/mol. The maximum atomic E-state index is 6.07. The second-order valence-corrected chi connectivity index (χ2v) is 3.75. The van der Waals surface area contributed by atoms with E-state index in [-0.39, 0.29) is 0 Å². The second kappa shape index (κ2) is 3.64. The number of halogens is 2. The number of aromatic nitrogens is 2. The van der Waals surface area contributed by atoms with Gasteiger partial charge in [0.25, 0.3) is 0 Å². The number of aryl methyl sites for hydroxylation is 1. The van der Waals surface area contributed by atoms with Gasteiger partial charge in [0.05, 0.1) is 15.7 Å². The van der Waals surface area contributed by atoms with E-state index in [0.29, 0.717) is 10.0 Å². The van der Waals surface area contributed by atoms with E-state index in [1.54, 1.807) is 10.9 Å². The van der Waals surface area contributed by atoms with Crippen LogP contribution in [0, 0.1) is 0 Å². The zero-order valence-corrected chi connectivity index (χ0v) is 9.05. The molecule has 0 bridgehead atoms.